The lowest BCUT2D eigenvalue weighted by molar-refractivity contribution is 0.0835. The minimum absolute atomic E-state index is 0.568. The highest BCUT2D eigenvalue weighted by Crippen LogP contribution is 2.12. The van der Waals surface area contributed by atoms with Crippen LogP contribution < -0.4 is 5.32 Å². The van der Waals surface area contributed by atoms with Gasteiger partial charge in [0.05, 0.1) is 6.61 Å². The van der Waals surface area contributed by atoms with Gasteiger partial charge in [0, 0.05) is 31.8 Å². The van der Waals surface area contributed by atoms with E-state index in [1.54, 1.807) is 0 Å². The third-order valence-corrected chi connectivity index (χ3v) is 2.90. The van der Waals surface area contributed by atoms with Gasteiger partial charge in [0.2, 0.25) is 0 Å². The summed E-state index contributed by atoms with van der Waals surface area (Å²) in [5.41, 5.74) is 0. The zero-order chi connectivity index (χ0) is 10.4. The van der Waals surface area contributed by atoms with E-state index in [0.717, 1.165) is 19.8 Å². The largest absolute Gasteiger partial charge is 0.380 e. The van der Waals surface area contributed by atoms with Crippen molar-refractivity contribution in [2.75, 3.05) is 32.8 Å². The Morgan fingerprint density at radius 1 is 1.50 bits per heavy atom. The van der Waals surface area contributed by atoms with Gasteiger partial charge in [-0.25, -0.2) is 0 Å². The molecule has 3 heteroatoms. The van der Waals surface area contributed by atoms with Crippen molar-refractivity contribution in [3.63, 3.8) is 0 Å². The fraction of sp³-hybridized carbons (Fsp3) is 1.00. The molecule has 0 spiro atoms. The molecule has 1 saturated heterocycles. The average Bonchev–Trinajstić information content (AvgIpc) is 2.63. The van der Waals surface area contributed by atoms with E-state index >= 15 is 0 Å². The van der Waals surface area contributed by atoms with Gasteiger partial charge in [-0.15, -0.1) is 0 Å². The van der Waals surface area contributed by atoms with Crippen LogP contribution in [0.15, 0.2) is 0 Å². The van der Waals surface area contributed by atoms with Gasteiger partial charge in [0.15, 0.2) is 0 Å². The average molecular weight is 200 g/mol. The van der Waals surface area contributed by atoms with E-state index in [1.807, 2.05) is 0 Å². The standard InChI is InChI=1S/C11H24N2O/c1-4-12-11-6-7-13(8-11)10(3)9-14-5-2/h10-12H,4-9H2,1-3H3. The van der Waals surface area contributed by atoms with Crippen molar-refractivity contribution >= 4 is 0 Å². The van der Waals surface area contributed by atoms with Crippen LogP contribution in [0.4, 0.5) is 0 Å². The summed E-state index contributed by atoms with van der Waals surface area (Å²) in [6.07, 6.45) is 1.28. The number of nitrogens with one attached hydrogen (secondary N) is 1. The highest BCUT2D eigenvalue weighted by Gasteiger charge is 2.24. The van der Waals surface area contributed by atoms with E-state index in [-0.39, 0.29) is 0 Å². The number of rotatable bonds is 6. The molecule has 2 unspecified atom stereocenters. The molecule has 1 N–H and O–H groups in total. The fourth-order valence-electron chi connectivity index (χ4n) is 2.04. The Hall–Kier alpha value is -0.120. The highest BCUT2D eigenvalue weighted by molar-refractivity contribution is 4.83. The lowest BCUT2D eigenvalue weighted by atomic mass is 10.2. The molecule has 3 nitrogen and oxygen atoms in total. The minimum atomic E-state index is 0.568. The number of hydrogen-bond donors (Lipinski definition) is 1. The summed E-state index contributed by atoms with van der Waals surface area (Å²) in [5.74, 6) is 0. The first-order valence-corrected chi connectivity index (χ1v) is 5.83. The second-order valence-electron chi connectivity index (χ2n) is 4.05. The predicted molar refractivity (Wildman–Crippen MR) is 59.6 cm³/mol. The van der Waals surface area contributed by atoms with Crippen molar-refractivity contribution in [1.29, 1.82) is 0 Å². The van der Waals surface area contributed by atoms with Gasteiger partial charge in [-0.2, -0.15) is 0 Å². The second-order valence-corrected chi connectivity index (χ2v) is 4.05. The summed E-state index contributed by atoms with van der Waals surface area (Å²) in [6, 6.07) is 1.27. The van der Waals surface area contributed by atoms with Crippen LogP contribution in [0.2, 0.25) is 0 Å². The van der Waals surface area contributed by atoms with E-state index in [0.29, 0.717) is 12.1 Å². The van der Waals surface area contributed by atoms with Crippen LogP contribution in [0, 0.1) is 0 Å². The molecule has 0 radical (unpaired) electrons. The topological polar surface area (TPSA) is 24.5 Å². The Bertz CT molecular complexity index is 152. The SMILES string of the molecule is CCNC1CCN(C(C)COCC)C1. The van der Waals surface area contributed by atoms with Gasteiger partial charge in [0.1, 0.15) is 0 Å². The zero-order valence-corrected chi connectivity index (χ0v) is 9.75. The lowest BCUT2D eigenvalue weighted by Crippen LogP contribution is -2.38. The third kappa shape index (κ3) is 3.56. The molecule has 0 aromatic rings. The van der Waals surface area contributed by atoms with Gasteiger partial charge in [-0.3, -0.25) is 4.90 Å². The van der Waals surface area contributed by atoms with E-state index in [1.165, 1.54) is 19.5 Å². The molecular formula is C11H24N2O. The monoisotopic (exact) mass is 200 g/mol. The van der Waals surface area contributed by atoms with Crippen molar-refractivity contribution in [1.82, 2.24) is 10.2 Å². The quantitative estimate of drug-likeness (QED) is 0.695. The first kappa shape index (κ1) is 12.0. The smallest absolute Gasteiger partial charge is 0.0619 e. The summed E-state index contributed by atoms with van der Waals surface area (Å²) >= 11 is 0. The molecule has 1 aliphatic heterocycles. The first-order valence-electron chi connectivity index (χ1n) is 5.83. The van der Waals surface area contributed by atoms with Crippen LogP contribution in [0.25, 0.3) is 0 Å². The molecule has 0 aromatic heterocycles. The maximum absolute atomic E-state index is 5.44. The highest BCUT2D eigenvalue weighted by atomic mass is 16.5. The molecule has 1 fully saturated rings. The van der Waals surface area contributed by atoms with Crippen LogP contribution in [-0.4, -0.2) is 49.8 Å². The fourth-order valence-corrected chi connectivity index (χ4v) is 2.04. The molecule has 84 valence electrons. The van der Waals surface area contributed by atoms with Crippen molar-refractivity contribution in [3.05, 3.63) is 0 Å². The Labute approximate surface area is 87.8 Å². The molecule has 0 bridgehead atoms. The summed E-state index contributed by atoms with van der Waals surface area (Å²) in [4.78, 5) is 2.52. The van der Waals surface area contributed by atoms with E-state index in [9.17, 15) is 0 Å². The number of nitrogens with zero attached hydrogens (tertiary/aromatic N) is 1. The molecule has 2 atom stereocenters. The van der Waals surface area contributed by atoms with Gasteiger partial charge < -0.3 is 10.1 Å². The van der Waals surface area contributed by atoms with Gasteiger partial charge >= 0.3 is 0 Å². The Balaban J connectivity index is 2.19. The first-order chi connectivity index (χ1) is 6.77. The molecule has 0 aliphatic carbocycles. The second kappa shape index (κ2) is 6.38. The zero-order valence-electron chi connectivity index (χ0n) is 9.75. The maximum Gasteiger partial charge on any atom is 0.0619 e. The van der Waals surface area contributed by atoms with Gasteiger partial charge in [-0.1, -0.05) is 6.92 Å². The van der Waals surface area contributed by atoms with E-state index in [4.69, 9.17) is 4.74 Å². The molecule has 1 rings (SSSR count). The van der Waals surface area contributed by atoms with Crippen molar-refractivity contribution in [2.24, 2.45) is 0 Å². The molecule has 14 heavy (non-hydrogen) atoms. The van der Waals surface area contributed by atoms with Crippen LogP contribution in [0.3, 0.4) is 0 Å². The molecule has 0 amide bonds. The summed E-state index contributed by atoms with van der Waals surface area (Å²) in [6.45, 7) is 11.7. The Morgan fingerprint density at radius 2 is 2.29 bits per heavy atom. The summed E-state index contributed by atoms with van der Waals surface area (Å²) < 4.78 is 5.44. The van der Waals surface area contributed by atoms with Gasteiger partial charge in [-0.05, 0) is 26.8 Å². The predicted octanol–water partition coefficient (Wildman–Crippen LogP) is 1.10. The maximum atomic E-state index is 5.44. The van der Waals surface area contributed by atoms with E-state index < -0.39 is 0 Å². The Morgan fingerprint density at radius 3 is 2.93 bits per heavy atom. The van der Waals surface area contributed by atoms with Crippen molar-refractivity contribution in [3.8, 4) is 0 Å². The normalized spacial score (nSPS) is 25.5. The van der Waals surface area contributed by atoms with Crippen molar-refractivity contribution in [2.45, 2.75) is 39.3 Å². The molecule has 0 aromatic carbocycles. The molecule has 1 heterocycles. The van der Waals surface area contributed by atoms with Gasteiger partial charge in [0.25, 0.3) is 0 Å². The Kier molecular flexibility index (Phi) is 5.45. The number of hydrogen-bond acceptors (Lipinski definition) is 3. The van der Waals surface area contributed by atoms with Crippen LogP contribution >= 0.6 is 0 Å². The van der Waals surface area contributed by atoms with E-state index in [2.05, 4.69) is 31.0 Å². The number of likely N-dealkylation sites (N-methyl/N-ethyl adjacent to an activating group) is 1. The summed E-state index contributed by atoms with van der Waals surface area (Å²) in [5, 5.41) is 3.50. The third-order valence-electron chi connectivity index (χ3n) is 2.90. The minimum Gasteiger partial charge on any atom is -0.380 e. The van der Waals surface area contributed by atoms with Crippen molar-refractivity contribution < 1.29 is 4.74 Å². The van der Waals surface area contributed by atoms with Crippen LogP contribution in [-0.2, 0) is 4.74 Å². The molecular weight excluding hydrogens is 176 g/mol. The number of likely N-dealkylation sites (tertiary alicyclic amines) is 1. The van der Waals surface area contributed by atoms with Crippen LogP contribution in [0.5, 0.6) is 0 Å². The number of ether oxygens (including phenoxy) is 1. The lowest BCUT2D eigenvalue weighted by Gasteiger charge is -2.24. The molecule has 1 aliphatic rings. The van der Waals surface area contributed by atoms with Crippen LogP contribution in [0.1, 0.15) is 27.2 Å². The summed E-state index contributed by atoms with van der Waals surface area (Å²) in [7, 11) is 0. The molecule has 0 saturated carbocycles.